The van der Waals surface area contributed by atoms with Gasteiger partial charge in [0.1, 0.15) is 0 Å². The van der Waals surface area contributed by atoms with Crippen molar-refractivity contribution < 1.29 is 9.84 Å². The summed E-state index contributed by atoms with van der Waals surface area (Å²) in [6.45, 7) is 4.20. The molecule has 1 unspecified atom stereocenters. The Morgan fingerprint density at radius 3 is 2.89 bits per heavy atom. The van der Waals surface area contributed by atoms with E-state index in [0.717, 1.165) is 24.6 Å². The molecule has 4 nitrogen and oxygen atoms in total. The van der Waals surface area contributed by atoms with Crippen LogP contribution in [0.5, 0.6) is 11.5 Å². The van der Waals surface area contributed by atoms with Crippen LogP contribution in [-0.2, 0) is 6.54 Å². The summed E-state index contributed by atoms with van der Waals surface area (Å²) in [5.74, 6) is 1.55. The molecule has 0 radical (unpaired) electrons. The van der Waals surface area contributed by atoms with Gasteiger partial charge in [0.25, 0.3) is 0 Å². The zero-order valence-electron chi connectivity index (χ0n) is 12.1. The van der Waals surface area contributed by atoms with Gasteiger partial charge in [0.2, 0.25) is 0 Å². The SMILES string of the molecule is COc1cccc(CN(C)CC2CCN(C)C2)c1O. The Morgan fingerprint density at radius 1 is 1.47 bits per heavy atom. The molecule has 1 fully saturated rings. The molecule has 0 saturated carbocycles. The van der Waals surface area contributed by atoms with E-state index in [1.807, 2.05) is 12.1 Å². The topological polar surface area (TPSA) is 35.9 Å². The predicted molar refractivity (Wildman–Crippen MR) is 76.6 cm³/mol. The second kappa shape index (κ2) is 6.26. The summed E-state index contributed by atoms with van der Waals surface area (Å²) in [5, 5.41) is 10.1. The molecule has 1 aromatic carbocycles. The van der Waals surface area contributed by atoms with Crippen LogP contribution in [0, 0.1) is 5.92 Å². The van der Waals surface area contributed by atoms with Gasteiger partial charge >= 0.3 is 0 Å². The van der Waals surface area contributed by atoms with Crippen molar-refractivity contribution >= 4 is 0 Å². The summed E-state index contributed by atoms with van der Waals surface area (Å²) in [7, 11) is 5.86. The second-order valence-corrected chi connectivity index (χ2v) is 5.58. The van der Waals surface area contributed by atoms with Gasteiger partial charge in [0.05, 0.1) is 7.11 Å². The Hall–Kier alpha value is -1.26. The van der Waals surface area contributed by atoms with E-state index in [1.165, 1.54) is 19.5 Å². The smallest absolute Gasteiger partial charge is 0.162 e. The number of ether oxygens (including phenoxy) is 1. The van der Waals surface area contributed by atoms with Crippen LogP contribution in [0.4, 0.5) is 0 Å². The van der Waals surface area contributed by atoms with Crippen LogP contribution in [0.3, 0.4) is 0 Å². The third-order valence-electron chi connectivity index (χ3n) is 3.80. The quantitative estimate of drug-likeness (QED) is 0.879. The molecule has 4 heteroatoms. The number of para-hydroxylation sites is 1. The predicted octanol–water partition coefficient (Wildman–Crippen LogP) is 1.78. The standard InChI is InChI=1S/C15H24N2O2/c1-16-8-7-12(9-16)10-17(2)11-13-5-4-6-14(19-3)15(13)18/h4-6,12,18H,7-11H2,1-3H3. The molecule has 106 valence electrons. The maximum Gasteiger partial charge on any atom is 0.162 e. The van der Waals surface area contributed by atoms with Crippen molar-refractivity contribution in [1.82, 2.24) is 9.80 Å². The van der Waals surface area contributed by atoms with Crippen molar-refractivity contribution in [3.8, 4) is 11.5 Å². The van der Waals surface area contributed by atoms with Crippen molar-refractivity contribution in [3.63, 3.8) is 0 Å². The Balaban J connectivity index is 1.93. The maximum absolute atomic E-state index is 10.1. The van der Waals surface area contributed by atoms with Crippen LogP contribution in [0.15, 0.2) is 18.2 Å². The normalized spacial score (nSPS) is 20.1. The van der Waals surface area contributed by atoms with E-state index in [0.29, 0.717) is 5.75 Å². The van der Waals surface area contributed by atoms with Gasteiger partial charge in [-0.3, -0.25) is 0 Å². The van der Waals surface area contributed by atoms with Crippen molar-refractivity contribution in [3.05, 3.63) is 23.8 Å². The number of hydrogen-bond donors (Lipinski definition) is 1. The van der Waals surface area contributed by atoms with Crippen LogP contribution < -0.4 is 4.74 Å². The van der Waals surface area contributed by atoms with E-state index >= 15 is 0 Å². The molecule has 1 saturated heterocycles. The van der Waals surface area contributed by atoms with E-state index in [9.17, 15) is 5.11 Å². The molecular formula is C15H24N2O2. The highest BCUT2D eigenvalue weighted by atomic mass is 16.5. The highest BCUT2D eigenvalue weighted by Gasteiger charge is 2.21. The molecule has 0 bridgehead atoms. The van der Waals surface area contributed by atoms with Gasteiger partial charge in [-0.05, 0) is 39.0 Å². The molecule has 1 aliphatic rings. The maximum atomic E-state index is 10.1. The fourth-order valence-corrected chi connectivity index (χ4v) is 2.83. The first-order valence-corrected chi connectivity index (χ1v) is 6.82. The molecular weight excluding hydrogens is 240 g/mol. The van der Waals surface area contributed by atoms with Crippen LogP contribution in [0.1, 0.15) is 12.0 Å². The number of phenols is 1. The van der Waals surface area contributed by atoms with Crippen molar-refractivity contribution in [2.24, 2.45) is 5.92 Å². The Morgan fingerprint density at radius 2 is 2.26 bits per heavy atom. The van der Waals surface area contributed by atoms with Crippen LogP contribution >= 0.6 is 0 Å². The Kier molecular flexibility index (Phi) is 4.66. The van der Waals surface area contributed by atoms with Gasteiger partial charge in [-0.1, -0.05) is 12.1 Å². The lowest BCUT2D eigenvalue weighted by Gasteiger charge is -2.21. The first kappa shape index (κ1) is 14.2. The summed E-state index contributed by atoms with van der Waals surface area (Å²) in [4.78, 5) is 4.65. The molecule has 0 aromatic heterocycles. The number of phenolic OH excluding ortho intramolecular Hbond substituents is 1. The lowest BCUT2D eigenvalue weighted by molar-refractivity contribution is 0.263. The molecule has 0 spiro atoms. The van der Waals surface area contributed by atoms with Gasteiger partial charge in [-0.15, -0.1) is 0 Å². The molecule has 0 amide bonds. The van der Waals surface area contributed by atoms with E-state index in [2.05, 4.69) is 23.9 Å². The average Bonchev–Trinajstić information content (AvgIpc) is 2.77. The van der Waals surface area contributed by atoms with Gasteiger partial charge in [0.15, 0.2) is 11.5 Å². The molecule has 1 aromatic rings. The van der Waals surface area contributed by atoms with Gasteiger partial charge in [0, 0.05) is 25.2 Å². The number of nitrogens with zero attached hydrogens (tertiary/aromatic N) is 2. The van der Waals surface area contributed by atoms with Crippen LogP contribution in [0.2, 0.25) is 0 Å². The summed E-state index contributed by atoms with van der Waals surface area (Å²) in [5.41, 5.74) is 0.924. The molecule has 19 heavy (non-hydrogen) atoms. The molecule has 1 atom stereocenters. The molecule has 2 rings (SSSR count). The fraction of sp³-hybridized carbons (Fsp3) is 0.600. The van der Waals surface area contributed by atoms with Crippen molar-refractivity contribution in [2.75, 3.05) is 40.8 Å². The molecule has 1 heterocycles. The Labute approximate surface area is 115 Å². The minimum atomic E-state index is 0.264. The fourth-order valence-electron chi connectivity index (χ4n) is 2.83. The zero-order chi connectivity index (χ0) is 13.8. The number of rotatable bonds is 5. The summed E-state index contributed by atoms with van der Waals surface area (Å²) < 4.78 is 5.14. The second-order valence-electron chi connectivity index (χ2n) is 5.58. The highest BCUT2D eigenvalue weighted by molar-refractivity contribution is 5.45. The minimum Gasteiger partial charge on any atom is -0.504 e. The molecule has 0 aliphatic carbocycles. The van der Waals surface area contributed by atoms with Gasteiger partial charge in [-0.25, -0.2) is 0 Å². The average molecular weight is 264 g/mol. The van der Waals surface area contributed by atoms with Gasteiger partial charge in [-0.2, -0.15) is 0 Å². The van der Waals surface area contributed by atoms with Crippen LogP contribution in [-0.4, -0.2) is 55.7 Å². The third-order valence-corrected chi connectivity index (χ3v) is 3.80. The summed E-state index contributed by atoms with van der Waals surface area (Å²) >= 11 is 0. The minimum absolute atomic E-state index is 0.264. The number of hydrogen-bond acceptors (Lipinski definition) is 4. The monoisotopic (exact) mass is 264 g/mol. The van der Waals surface area contributed by atoms with Crippen LogP contribution in [0.25, 0.3) is 0 Å². The van der Waals surface area contributed by atoms with E-state index in [-0.39, 0.29) is 5.75 Å². The lowest BCUT2D eigenvalue weighted by atomic mass is 10.1. The van der Waals surface area contributed by atoms with E-state index < -0.39 is 0 Å². The number of methoxy groups -OCH3 is 1. The first-order valence-electron chi connectivity index (χ1n) is 6.82. The van der Waals surface area contributed by atoms with E-state index in [4.69, 9.17) is 4.74 Å². The summed E-state index contributed by atoms with van der Waals surface area (Å²) in [6, 6.07) is 5.66. The number of likely N-dealkylation sites (tertiary alicyclic amines) is 1. The number of aromatic hydroxyl groups is 1. The highest BCUT2D eigenvalue weighted by Crippen LogP contribution is 2.30. The zero-order valence-corrected chi connectivity index (χ0v) is 12.1. The van der Waals surface area contributed by atoms with Crippen molar-refractivity contribution in [2.45, 2.75) is 13.0 Å². The largest absolute Gasteiger partial charge is 0.504 e. The Bertz CT molecular complexity index is 423. The van der Waals surface area contributed by atoms with Crippen molar-refractivity contribution in [1.29, 1.82) is 0 Å². The van der Waals surface area contributed by atoms with Gasteiger partial charge < -0.3 is 19.6 Å². The lowest BCUT2D eigenvalue weighted by Crippen LogP contribution is -2.27. The molecule has 1 N–H and O–H groups in total. The third kappa shape index (κ3) is 3.61. The van der Waals surface area contributed by atoms with E-state index in [1.54, 1.807) is 13.2 Å². The number of benzene rings is 1. The first-order chi connectivity index (χ1) is 9.10. The summed E-state index contributed by atoms with van der Waals surface area (Å²) in [6.07, 6.45) is 1.27. The molecule has 1 aliphatic heterocycles.